The molecule has 1 nitrogen and oxygen atoms in total. The van der Waals surface area contributed by atoms with Gasteiger partial charge in [-0.1, -0.05) is 31.5 Å². The molecule has 0 saturated carbocycles. The van der Waals surface area contributed by atoms with Gasteiger partial charge in [0, 0.05) is 0 Å². The molecule has 0 aliphatic carbocycles. The van der Waals surface area contributed by atoms with Gasteiger partial charge in [-0.3, -0.25) is 0 Å². The van der Waals surface area contributed by atoms with Crippen LogP contribution in [0.4, 0.5) is 0 Å². The van der Waals surface area contributed by atoms with E-state index in [1.165, 1.54) is 6.42 Å². The van der Waals surface area contributed by atoms with E-state index in [0.29, 0.717) is 0 Å². The summed E-state index contributed by atoms with van der Waals surface area (Å²) in [5, 5.41) is 0. The van der Waals surface area contributed by atoms with Gasteiger partial charge in [-0.2, -0.15) is 0 Å². The second kappa shape index (κ2) is 7.44. The summed E-state index contributed by atoms with van der Waals surface area (Å²) in [5.41, 5.74) is 0. The van der Waals surface area contributed by atoms with Crippen LogP contribution in [0, 0.1) is 0 Å². The Labute approximate surface area is 93.2 Å². The van der Waals surface area contributed by atoms with Gasteiger partial charge in [-0.15, -0.1) is 0 Å². The first-order valence-corrected chi connectivity index (χ1v) is 4.11. The predicted octanol–water partition coefficient (Wildman–Crippen LogP) is 2.71. The van der Waals surface area contributed by atoms with Gasteiger partial charge in [0.1, 0.15) is 5.75 Å². The van der Waals surface area contributed by atoms with Crippen LogP contribution < -0.4 is 4.74 Å². The third-order valence-electron chi connectivity index (χ3n) is 1.51. The van der Waals surface area contributed by atoms with Gasteiger partial charge >= 0.3 is 23.1 Å². The number of para-hydroxylation sites is 1. The molecule has 0 heterocycles. The van der Waals surface area contributed by atoms with Gasteiger partial charge in [0.15, 0.2) is 0 Å². The van der Waals surface area contributed by atoms with Crippen molar-refractivity contribution in [3.05, 3.63) is 30.3 Å². The average molecular weight is 177 g/mol. The molecule has 0 N–H and O–H groups in total. The van der Waals surface area contributed by atoms with E-state index in [1.54, 1.807) is 0 Å². The van der Waals surface area contributed by atoms with Crippen molar-refractivity contribution in [3.8, 4) is 5.75 Å². The zero-order chi connectivity index (χ0) is 7.94. The fourth-order valence-corrected chi connectivity index (χ4v) is 0.851. The summed E-state index contributed by atoms with van der Waals surface area (Å²) in [7, 11) is 0. The van der Waals surface area contributed by atoms with E-state index in [-0.39, 0.29) is 25.9 Å². The Morgan fingerprint density at radius 2 is 1.92 bits per heavy atom. The van der Waals surface area contributed by atoms with Gasteiger partial charge in [0.25, 0.3) is 0 Å². The maximum absolute atomic E-state index is 5.45. The topological polar surface area (TPSA) is 9.23 Å². The predicted molar refractivity (Wildman–Crippen MR) is 54.8 cm³/mol. The van der Waals surface area contributed by atoms with Crippen molar-refractivity contribution >= 4 is 23.1 Å². The molecule has 1 aromatic carbocycles. The van der Waals surface area contributed by atoms with Crippen LogP contribution in [0.5, 0.6) is 5.75 Å². The van der Waals surface area contributed by atoms with Crippen molar-refractivity contribution in [3.63, 3.8) is 0 Å². The molecule has 0 aliphatic rings. The van der Waals surface area contributed by atoms with Gasteiger partial charge in [-0.05, 0) is 18.6 Å². The second-order valence-corrected chi connectivity index (χ2v) is 2.52. The minimum atomic E-state index is 0. The molecule has 1 aromatic rings. The summed E-state index contributed by atoms with van der Waals surface area (Å²) in [5.74, 6) is 0.973. The summed E-state index contributed by atoms with van der Waals surface area (Å²) >= 11 is 0. The number of hydrogen-bond donors (Lipinski definition) is 0. The molecule has 2 heteroatoms. The molecule has 0 spiro atoms. The number of benzene rings is 1. The molecular formula is C10H16MgO. The molecule has 0 unspecified atom stereocenters. The Bertz CT molecular complexity index is 195. The summed E-state index contributed by atoms with van der Waals surface area (Å²) in [4.78, 5) is 0. The first-order valence-electron chi connectivity index (χ1n) is 4.11. The van der Waals surface area contributed by atoms with E-state index in [1.807, 2.05) is 30.3 Å². The summed E-state index contributed by atoms with van der Waals surface area (Å²) in [6.07, 6.45) is 2.32. The Hall–Kier alpha value is -0.214. The molecule has 0 atom stereocenters. The van der Waals surface area contributed by atoms with Crippen LogP contribution in [0.25, 0.3) is 0 Å². The molecule has 0 saturated heterocycles. The Balaban J connectivity index is -0.000000403. The Kier molecular flexibility index (Phi) is 7.30. The standard InChI is InChI=1S/C10H14O.Mg.2H/c1-2-3-9-11-10-7-5-4-6-8-10;;;/h4-8H,2-3,9H2,1H3;;;/q;+2;2*-1. The molecule has 0 aromatic heterocycles. The molecular weight excluding hydrogens is 160 g/mol. The van der Waals surface area contributed by atoms with E-state index >= 15 is 0 Å². The zero-order valence-electron chi connectivity index (χ0n) is 9.62. The maximum Gasteiger partial charge on any atom is 2.00 e. The minimum absolute atomic E-state index is 0. The van der Waals surface area contributed by atoms with Gasteiger partial charge in [0.05, 0.1) is 6.61 Å². The van der Waals surface area contributed by atoms with Crippen LogP contribution in [0.2, 0.25) is 0 Å². The molecule has 0 bridgehead atoms. The van der Waals surface area contributed by atoms with Crippen molar-refractivity contribution in [2.24, 2.45) is 0 Å². The van der Waals surface area contributed by atoms with Crippen molar-refractivity contribution in [2.45, 2.75) is 19.8 Å². The SMILES string of the molecule is CCCCOc1ccccc1.[H-].[H-].[Mg+2]. The Morgan fingerprint density at radius 3 is 2.50 bits per heavy atom. The molecule has 0 amide bonds. The number of ether oxygens (including phenoxy) is 1. The summed E-state index contributed by atoms with van der Waals surface area (Å²) in [6, 6.07) is 9.93. The quantitative estimate of drug-likeness (QED) is 0.506. The van der Waals surface area contributed by atoms with Crippen LogP contribution >= 0.6 is 0 Å². The normalized spacial score (nSPS) is 8.75. The average Bonchev–Trinajstić information content (AvgIpc) is 2.07. The summed E-state index contributed by atoms with van der Waals surface area (Å²) < 4.78 is 5.45. The molecule has 0 radical (unpaired) electrons. The van der Waals surface area contributed by atoms with Crippen LogP contribution in [0.15, 0.2) is 30.3 Å². The third-order valence-corrected chi connectivity index (χ3v) is 1.51. The molecule has 0 aliphatic heterocycles. The van der Waals surface area contributed by atoms with E-state index in [2.05, 4.69) is 6.92 Å². The minimum Gasteiger partial charge on any atom is -1.00 e. The van der Waals surface area contributed by atoms with E-state index in [4.69, 9.17) is 4.74 Å². The van der Waals surface area contributed by atoms with Crippen LogP contribution in [0.3, 0.4) is 0 Å². The first-order chi connectivity index (χ1) is 5.43. The number of rotatable bonds is 4. The number of unbranched alkanes of at least 4 members (excludes halogenated alkanes) is 1. The van der Waals surface area contributed by atoms with Gasteiger partial charge in [0.2, 0.25) is 0 Å². The fraction of sp³-hybridized carbons (Fsp3) is 0.400. The smallest absolute Gasteiger partial charge is 1.00 e. The van der Waals surface area contributed by atoms with Crippen LogP contribution in [-0.4, -0.2) is 29.7 Å². The van der Waals surface area contributed by atoms with Crippen molar-refractivity contribution in [1.82, 2.24) is 0 Å². The van der Waals surface area contributed by atoms with Crippen molar-refractivity contribution in [2.75, 3.05) is 6.61 Å². The van der Waals surface area contributed by atoms with E-state index in [9.17, 15) is 0 Å². The van der Waals surface area contributed by atoms with E-state index in [0.717, 1.165) is 18.8 Å². The monoisotopic (exact) mass is 176 g/mol. The van der Waals surface area contributed by atoms with Crippen LogP contribution in [-0.2, 0) is 0 Å². The maximum atomic E-state index is 5.45. The summed E-state index contributed by atoms with van der Waals surface area (Å²) in [6.45, 7) is 2.99. The van der Waals surface area contributed by atoms with Crippen molar-refractivity contribution < 1.29 is 7.59 Å². The van der Waals surface area contributed by atoms with E-state index < -0.39 is 0 Å². The molecule has 1 rings (SSSR count). The largest absolute Gasteiger partial charge is 2.00 e. The zero-order valence-corrected chi connectivity index (χ0v) is 9.04. The van der Waals surface area contributed by atoms with Gasteiger partial charge in [-0.25, -0.2) is 0 Å². The number of hydrogen-bond acceptors (Lipinski definition) is 1. The molecule has 12 heavy (non-hydrogen) atoms. The van der Waals surface area contributed by atoms with Gasteiger partial charge < -0.3 is 7.59 Å². The fourth-order valence-electron chi connectivity index (χ4n) is 0.851. The first kappa shape index (κ1) is 11.8. The third kappa shape index (κ3) is 4.62. The molecule has 64 valence electrons. The Morgan fingerprint density at radius 1 is 1.25 bits per heavy atom. The van der Waals surface area contributed by atoms with Crippen LogP contribution in [0.1, 0.15) is 22.6 Å². The second-order valence-electron chi connectivity index (χ2n) is 2.52. The van der Waals surface area contributed by atoms with Crippen molar-refractivity contribution in [1.29, 1.82) is 0 Å². The molecule has 0 fully saturated rings.